The summed E-state index contributed by atoms with van der Waals surface area (Å²) in [7, 11) is 3.76. The minimum atomic E-state index is -0.109. The van der Waals surface area contributed by atoms with Gasteiger partial charge in [0, 0.05) is 37.1 Å². The largest absolute Gasteiger partial charge is 0.493 e. The maximum Gasteiger partial charge on any atom is 0.170 e. The number of Topliss-reactive ketones (excluding diaryl/α,β-unsaturated/α-hetero) is 1. The quantitative estimate of drug-likeness (QED) is 0.783. The van der Waals surface area contributed by atoms with Crippen molar-refractivity contribution in [1.29, 1.82) is 0 Å². The molecule has 0 radical (unpaired) electrons. The van der Waals surface area contributed by atoms with Gasteiger partial charge >= 0.3 is 0 Å². The Labute approximate surface area is 118 Å². The van der Waals surface area contributed by atoms with Gasteiger partial charge in [0.1, 0.15) is 11.9 Å². The number of ketones is 1. The molecule has 0 bridgehead atoms. The molecule has 1 unspecified atom stereocenters. The van der Waals surface area contributed by atoms with Crippen LogP contribution in [0.5, 0.6) is 11.5 Å². The Morgan fingerprint density at radius 2 is 2.20 bits per heavy atom. The number of likely N-dealkylation sites (N-methyl/N-ethyl adjacent to an activating group) is 1. The molecule has 0 aromatic heterocycles. The first-order valence-electron chi connectivity index (χ1n) is 6.96. The predicted molar refractivity (Wildman–Crippen MR) is 74.9 cm³/mol. The first-order valence-corrected chi connectivity index (χ1v) is 6.96. The van der Waals surface area contributed by atoms with Crippen LogP contribution in [0.4, 0.5) is 0 Å². The van der Waals surface area contributed by atoms with Crippen molar-refractivity contribution < 1.29 is 14.3 Å². The first-order chi connectivity index (χ1) is 9.67. The van der Waals surface area contributed by atoms with Gasteiger partial charge in [-0.25, -0.2) is 0 Å². The van der Waals surface area contributed by atoms with Gasteiger partial charge in [-0.2, -0.15) is 0 Å². The predicted octanol–water partition coefficient (Wildman–Crippen LogP) is 2.02. The third-order valence-electron chi connectivity index (χ3n) is 4.38. The number of hydrogen-bond acceptors (Lipinski definition) is 4. The normalized spacial score (nSPS) is 24.3. The molecule has 2 aliphatic heterocycles. The molecule has 0 spiro atoms. The molecule has 0 N–H and O–H groups in total. The molecule has 2 heterocycles. The molecule has 20 heavy (non-hydrogen) atoms. The second-order valence-electron chi connectivity index (χ2n) is 5.85. The van der Waals surface area contributed by atoms with Gasteiger partial charge in [0.2, 0.25) is 0 Å². The number of methoxy groups -OCH3 is 1. The van der Waals surface area contributed by atoms with Crippen LogP contribution < -0.4 is 9.47 Å². The van der Waals surface area contributed by atoms with Crippen molar-refractivity contribution in [3.8, 4) is 11.5 Å². The Balaban J connectivity index is 1.99. The van der Waals surface area contributed by atoms with Crippen molar-refractivity contribution in [3.63, 3.8) is 0 Å². The van der Waals surface area contributed by atoms with E-state index in [-0.39, 0.29) is 11.9 Å². The molecule has 3 aliphatic rings. The van der Waals surface area contributed by atoms with Crippen molar-refractivity contribution in [2.45, 2.75) is 25.5 Å². The van der Waals surface area contributed by atoms with Crippen molar-refractivity contribution in [1.82, 2.24) is 4.90 Å². The maximum absolute atomic E-state index is 12.0. The fourth-order valence-corrected chi connectivity index (χ4v) is 3.65. The van der Waals surface area contributed by atoms with Gasteiger partial charge in [-0.15, -0.1) is 0 Å². The van der Waals surface area contributed by atoms with E-state index in [1.54, 1.807) is 7.11 Å². The van der Waals surface area contributed by atoms with E-state index in [1.165, 1.54) is 22.3 Å². The van der Waals surface area contributed by atoms with Crippen LogP contribution in [0.15, 0.2) is 17.7 Å². The molecule has 104 valence electrons. The fraction of sp³-hybridized carbons (Fsp3) is 0.438. The van der Waals surface area contributed by atoms with Crippen LogP contribution in [0, 0.1) is 0 Å². The summed E-state index contributed by atoms with van der Waals surface area (Å²) in [5, 5.41) is 0. The Morgan fingerprint density at radius 1 is 1.35 bits per heavy atom. The highest BCUT2D eigenvalue weighted by Gasteiger charge is 2.41. The van der Waals surface area contributed by atoms with E-state index in [0.29, 0.717) is 12.8 Å². The average molecular weight is 271 g/mol. The van der Waals surface area contributed by atoms with E-state index in [0.717, 1.165) is 24.6 Å². The molecular weight excluding hydrogens is 254 g/mol. The first kappa shape index (κ1) is 12.0. The highest BCUT2D eigenvalue weighted by Crippen LogP contribution is 2.51. The van der Waals surface area contributed by atoms with Crippen LogP contribution in [0.3, 0.4) is 0 Å². The van der Waals surface area contributed by atoms with Crippen molar-refractivity contribution in [2.75, 3.05) is 20.7 Å². The molecule has 4 heteroatoms. The summed E-state index contributed by atoms with van der Waals surface area (Å²) in [6, 6.07) is 4.08. The number of benzene rings is 1. The zero-order valence-electron chi connectivity index (χ0n) is 11.7. The molecule has 0 amide bonds. The summed E-state index contributed by atoms with van der Waals surface area (Å²) < 4.78 is 11.5. The van der Waals surface area contributed by atoms with Crippen molar-refractivity contribution >= 4 is 11.4 Å². The van der Waals surface area contributed by atoms with E-state index >= 15 is 0 Å². The zero-order chi connectivity index (χ0) is 13.9. The average Bonchev–Trinajstić information content (AvgIpc) is 2.70. The van der Waals surface area contributed by atoms with E-state index in [9.17, 15) is 4.79 Å². The summed E-state index contributed by atoms with van der Waals surface area (Å²) in [6.45, 7) is 1.72. The number of carbonyl (C=O) groups is 1. The Hall–Kier alpha value is -1.81. The smallest absolute Gasteiger partial charge is 0.170 e. The lowest BCUT2D eigenvalue weighted by Gasteiger charge is -2.23. The van der Waals surface area contributed by atoms with E-state index in [4.69, 9.17) is 9.47 Å². The standard InChI is InChI=1S/C16H17NO3/c1-17-7-9-3-4-12(19-2)16-15(9)14-10(8-17)5-11(18)6-13(14)20-16/h3-4,13H,5-8H2,1-2H3. The summed E-state index contributed by atoms with van der Waals surface area (Å²) in [4.78, 5) is 14.2. The van der Waals surface area contributed by atoms with E-state index in [2.05, 4.69) is 18.0 Å². The second-order valence-corrected chi connectivity index (χ2v) is 5.85. The highest BCUT2D eigenvalue weighted by atomic mass is 16.5. The van der Waals surface area contributed by atoms with Crippen LogP contribution >= 0.6 is 0 Å². The third-order valence-corrected chi connectivity index (χ3v) is 4.38. The van der Waals surface area contributed by atoms with Gasteiger partial charge in [-0.3, -0.25) is 9.69 Å². The number of rotatable bonds is 1. The summed E-state index contributed by atoms with van der Waals surface area (Å²) in [5.74, 6) is 1.87. The van der Waals surface area contributed by atoms with Gasteiger partial charge < -0.3 is 9.47 Å². The second kappa shape index (κ2) is 4.09. The topological polar surface area (TPSA) is 38.8 Å². The van der Waals surface area contributed by atoms with Gasteiger partial charge in [0.05, 0.1) is 7.11 Å². The van der Waals surface area contributed by atoms with Crippen LogP contribution in [-0.2, 0) is 11.3 Å². The van der Waals surface area contributed by atoms with Crippen molar-refractivity contribution in [3.05, 3.63) is 28.8 Å². The van der Waals surface area contributed by atoms with Gasteiger partial charge in [0.25, 0.3) is 0 Å². The molecule has 0 saturated heterocycles. The highest BCUT2D eigenvalue weighted by molar-refractivity contribution is 5.95. The molecule has 1 atom stereocenters. The van der Waals surface area contributed by atoms with Gasteiger partial charge in [0.15, 0.2) is 11.5 Å². The van der Waals surface area contributed by atoms with Crippen LogP contribution in [0.2, 0.25) is 0 Å². The Morgan fingerprint density at radius 3 is 3.00 bits per heavy atom. The van der Waals surface area contributed by atoms with Crippen molar-refractivity contribution in [2.24, 2.45) is 0 Å². The minimum Gasteiger partial charge on any atom is -0.493 e. The lowest BCUT2D eigenvalue weighted by atomic mass is 9.85. The minimum absolute atomic E-state index is 0.109. The molecule has 1 aromatic rings. The van der Waals surface area contributed by atoms with Crippen LogP contribution in [0.1, 0.15) is 24.0 Å². The SMILES string of the molecule is COc1ccc2c3c1OC1CC(=O)CC(=C31)CN(C)C2. The number of carbonyl (C=O) groups excluding carboxylic acids is 1. The molecule has 0 saturated carbocycles. The summed E-state index contributed by atoms with van der Waals surface area (Å²) in [5.41, 5.74) is 4.92. The summed E-state index contributed by atoms with van der Waals surface area (Å²) in [6.07, 6.45) is 0.943. The monoisotopic (exact) mass is 271 g/mol. The van der Waals surface area contributed by atoms with Gasteiger partial charge in [-0.05, 0) is 24.3 Å². The lowest BCUT2D eigenvalue weighted by molar-refractivity contribution is -0.119. The molecule has 1 aliphatic carbocycles. The number of ether oxygens (including phenoxy) is 2. The molecule has 4 nitrogen and oxygen atoms in total. The van der Waals surface area contributed by atoms with E-state index < -0.39 is 0 Å². The Kier molecular flexibility index (Phi) is 2.45. The molecule has 0 fully saturated rings. The van der Waals surface area contributed by atoms with Crippen LogP contribution in [0.25, 0.3) is 5.57 Å². The number of nitrogens with zero attached hydrogens (tertiary/aromatic N) is 1. The molecule has 1 aromatic carbocycles. The van der Waals surface area contributed by atoms with Crippen LogP contribution in [-0.4, -0.2) is 37.5 Å². The summed E-state index contributed by atoms with van der Waals surface area (Å²) >= 11 is 0. The lowest BCUT2D eigenvalue weighted by Crippen LogP contribution is -2.27. The fourth-order valence-electron chi connectivity index (χ4n) is 3.65. The maximum atomic E-state index is 12.0. The molecule has 4 rings (SSSR count). The van der Waals surface area contributed by atoms with Gasteiger partial charge in [-0.1, -0.05) is 6.07 Å². The third kappa shape index (κ3) is 1.54. The van der Waals surface area contributed by atoms with E-state index in [1.807, 2.05) is 6.07 Å². The zero-order valence-corrected chi connectivity index (χ0v) is 11.7. The Bertz CT molecular complexity index is 647. The number of hydrogen-bond donors (Lipinski definition) is 0. The molecular formula is C16H17NO3.